The van der Waals surface area contributed by atoms with Crippen molar-refractivity contribution in [2.75, 3.05) is 19.6 Å². The zero-order valence-electron chi connectivity index (χ0n) is 15.6. The van der Waals surface area contributed by atoms with E-state index in [1.54, 1.807) is 0 Å². The lowest BCUT2D eigenvalue weighted by molar-refractivity contribution is -0.0704. The van der Waals surface area contributed by atoms with Crippen LogP contribution in [0.25, 0.3) is 0 Å². The molecule has 2 fully saturated rings. The number of nitrogens with two attached hydrogens (primary N) is 1. The monoisotopic (exact) mass is 345 g/mol. The first-order chi connectivity index (χ1) is 11.9. The van der Waals surface area contributed by atoms with Crippen LogP contribution in [0, 0.1) is 0 Å². The van der Waals surface area contributed by atoms with Crippen molar-refractivity contribution in [3.05, 3.63) is 35.4 Å². The highest BCUT2D eigenvalue weighted by molar-refractivity contribution is 5.94. The molecule has 1 amide bonds. The number of hydrogen-bond donors (Lipinski definition) is 1. The molecule has 0 spiro atoms. The molecular formula is C20H31N3O2. The normalized spacial score (nSPS) is 31.1. The van der Waals surface area contributed by atoms with Gasteiger partial charge in [0.05, 0.1) is 12.2 Å². The second-order valence-electron chi connectivity index (χ2n) is 7.78. The Labute approximate surface area is 151 Å². The number of piperidine rings is 1. The molecule has 0 unspecified atom stereocenters. The average Bonchev–Trinajstić information content (AvgIpc) is 2.54. The predicted molar refractivity (Wildman–Crippen MR) is 99.4 cm³/mol. The molecule has 1 aromatic rings. The van der Waals surface area contributed by atoms with Gasteiger partial charge in [-0.3, -0.25) is 9.69 Å². The maximum Gasteiger partial charge on any atom is 0.254 e. The molecule has 25 heavy (non-hydrogen) atoms. The van der Waals surface area contributed by atoms with Gasteiger partial charge in [0, 0.05) is 43.8 Å². The summed E-state index contributed by atoms with van der Waals surface area (Å²) in [6, 6.07) is 8.53. The van der Waals surface area contributed by atoms with Gasteiger partial charge in [0.15, 0.2) is 0 Å². The van der Waals surface area contributed by atoms with E-state index < -0.39 is 0 Å². The van der Waals surface area contributed by atoms with Gasteiger partial charge in [-0.2, -0.15) is 0 Å². The molecule has 0 saturated carbocycles. The Morgan fingerprint density at radius 3 is 2.40 bits per heavy atom. The molecule has 0 aliphatic carbocycles. The van der Waals surface area contributed by atoms with Crippen molar-refractivity contribution in [1.82, 2.24) is 9.80 Å². The van der Waals surface area contributed by atoms with Crippen LogP contribution in [0.3, 0.4) is 0 Å². The van der Waals surface area contributed by atoms with E-state index in [2.05, 4.69) is 37.8 Å². The minimum Gasteiger partial charge on any atom is -0.373 e. The van der Waals surface area contributed by atoms with Crippen molar-refractivity contribution in [3.63, 3.8) is 0 Å². The van der Waals surface area contributed by atoms with Crippen LogP contribution >= 0.6 is 0 Å². The second kappa shape index (κ2) is 7.85. The maximum atomic E-state index is 12.8. The Morgan fingerprint density at radius 1 is 1.16 bits per heavy atom. The first-order valence-corrected chi connectivity index (χ1v) is 9.45. The molecule has 138 valence electrons. The number of likely N-dealkylation sites (tertiary alicyclic amines) is 1. The SMILES string of the molecule is C[C@@H]1CN(Cc2ccc(C(=O)N3CC[C@H](N)C[C@H]3C)cc2)C[C@@H](C)O1. The Bertz CT molecular complexity index is 579. The summed E-state index contributed by atoms with van der Waals surface area (Å²) >= 11 is 0. The number of carbonyl (C=O) groups excluding carboxylic acids is 1. The first kappa shape index (κ1) is 18.4. The van der Waals surface area contributed by atoms with Gasteiger partial charge in [-0.25, -0.2) is 0 Å². The summed E-state index contributed by atoms with van der Waals surface area (Å²) < 4.78 is 5.79. The third kappa shape index (κ3) is 4.60. The van der Waals surface area contributed by atoms with Gasteiger partial charge in [-0.05, 0) is 51.3 Å². The molecule has 0 bridgehead atoms. The Hall–Kier alpha value is -1.43. The maximum absolute atomic E-state index is 12.8. The van der Waals surface area contributed by atoms with E-state index in [0.29, 0.717) is 0 Å². The van der Waals surface area contributed by atoms with Crippen LogP contribution in [0.15, 0.2) is 24.3 Å². The van der Waals surface area contributed by atoms with Crippen molar-refractivity contribution in [3.8, 4) is 0 Å². The lowest BCUT2D eigenvalue weighted by Crippen LogP contribution is -2.48. The van der Waals surface area contributed by atoms with E-state index in [-0.39, 0.29) is 30.2 Å². The summed E-state index contributed by atoms with van der Waals surface area (Å²) in [7, 11) is 0. The van der Waals surface area contributed by atoms with Crippen LogP contribution in [0.2, 0.25) is 0 Å². The number of carbonyl (C=O) groups is 1. The van der Waals surface area contributed by atoms with Crippen molar-refractivity contribution >= 4 is 5.91 Å². The van der Waals surface area contributed by atoms with E-state index in [1.165, 1.54) is 5.56 Å². The molecule has 0 aromatic heterocycles. The van der Waals surface area contributed by atoms with Crippen molar-refractivity contribution in [2.24, 2.45) is 5.73 Å². The molecule has 5 nitrogen and oxygen atoms in total. The summed E-state index contributed by atoms with van der Waals surface area (Å²) in [6.45, 7) is 9.90. The largest absolute Gasteiger partial charge is 0.373 e. The Balaban J connectivity index is 1.61. The number of rotatable bonds is 3. The second-order valence-corrected chi connectivity index (χ2v) is 7.78. The van der Waals surface area contributed by atoms with Gasteiger partial charge in [0.25, 0.3) is 5.91 Å². The topological polar surface area (TPSA) is 58.8 Å². The van der Waals surface area contributed by atoms with Crippen molar-refractivity contribution in [1.29, 1.82) is 0 Å². The summed E-state index contributed by atoms with van der Waals surface area (Å²) in [6.07, 6.45) is 2.33. The van der Waals surface area contributed by atoms with E-state index in [4.69, 9.17) is 10.5 Å². The molecule has 3 rings (SSSR count). The van der Waals surface area contributed by atoms with Crippen LogP contribution < -0.4 is 5.73 Å². The summed E-state index contributed by atoms with van der Waals surface area (Å²) in [5, 5.41) is 0. The third-order valence-corrected chi connectivity index (χ3v) is 5.28. The number of morpholine rings is 1. The smallest absolute Gasteiger partial charge is 0.254 e. The third-order valence-electron chi connectivity index (χ3n) is 5.28. The quantitative estimate of drug-likeness (QED) is 0.913. The molecule has 4 atom stereocenters. The minimum atomic E-state index is 0.125. The fraction of sp³-hybridized carbons (Fsp3) is 0.650. The molecule has 1 aromatic carbocycles. The molecule has 2 saturated heterocycles. The summed E-state index contributed by atoms with van der Waals surface area (Å²) in [4.78, 5) is 17.1. The minimum absolute atomic E-state index is 0.125. The number of nitrogens with zero attached hydrogens (tertiary/aromatic N) is 2. The summed E-state index contributed by atoms with van der Waals surface area (Å²) in [5.41, 5.74) is 8.02. The average molecular weight is 345 g/mol. The van der Waals surface area contributed by atoms with Crippen LogP contribution in [0.5, 0.6) is 0 Å². The molecule has 2 aliphatic rings. The Morgan fingerprint density at radius 2 is 1.80 bits per heavy atom. The first-order valence-electron chi connectivity index (χ1n) is 9.45. The van der Waals surface area contributed by atoms with Gasteiger partial charge in [0.1, 0.15) is 0 Å². The lowest BCUT2D eigenvalue weighted by Gasteiger charge is -2.36. The highest BCUT2D eigenvalue weighted by Gasteiger charge is 2.28. The van der Waals surface area contributed by atoms with Crippen LogP contribution in [-0.4, -0.2) is 59.6 Å². The number of amides is 1. The van der Waals surface area contributed by atoms with E-state index in [0.717, 1.165) is 44.6 Å². The predicted octanol–water partition coefficient (Wildman–Crippen LogP) is 2.25. The highest BCUT2D eigenvalue weighted by atomic mass is 16.5. The zero-order chi connectivity index (χ0) is 18.0. The zero-order valence-corrected chi connectivity index (χ0v) is 15.6. The van der Waals surface area contributed by atoms with Crippen molar-refractivity contribution in [2.45, 2.75) is 64.4 Å². The standard InChI is InChI=1S/C20H31N3O2/c1-14-10-19(21)8-9-23(14)20(24)18-6-4-17(5-7-18)13-22-11-15(2)25-16(3)12-22/h4-7,14-16,19H,8-13,21H2,1-3H3/t14-,15-,16-,19+/m1/s1. The Kier molecular flexibility index (Phi) is 5.77. The molecular weight excluding hydrogens is 314 g/mol. The van der Waals surface area contributed by atoms with Gasteiger partial charge < -0.3 is 15.4 Å². The lowest BCUT2D eigenvalue weighted by atomic mass is 9.98. The molecule has 5 heteroatoms. The fourth-order valence-electron chi connectivity index (χ4n) is 4.10. The van der Waals surface area contributed by atoms with Gasteiger partial charge in [0.2, 0.25) is 0 Å². The van der Waals surface area contributed by atoms with Crippen LogP contribution in [0.1, 0.15) is 49.5 Å². The fourth-order valence-corrected chi connectivity index (χ4v) is 4.10. The van der Waals surface area contributed by atoms with E-state index in [1.807, 2.05) is 17.0 Å². The van der Waals surface area contributed by atoms with Crippen LogP contribution in [0.4, 0.5) is 0 Å². The van der Waals surface area contributed by atoms with Gasteiger partial charge >= 0.3 is 0 Å². The molecule has 2 N–H and O–H groups in total. The molecule has 0 radical (unpaired) electrons. The van der Waals surface area contributed by atoms with E-state index in [9.17, 15) is 4.79 Å². The summed E-state index contributed by atoms with van der Waals surface area (Å²) in [5.74, 6) is 0.125. The van der Waals surface area contributed by atoms with Crippen LogP contribution in [-0.2, 0) is 11.3 Å². The van der Waals surface area contributed by atoms with E-state index >= 15 is 0 Å². The highest BCUT2D eigenvalue weighted by Crippen LogP contribution is 2.20. The van der Waals surface area contributed by atoms with Crippen molar-refractivity contribution < 1.29 is 9.53 Å². The number of benzene rings is 1. The number of hydrogen-bond acceptors (Lipinski definition) is 4. The molecule has 2 heterocycles. The van der Waals surface area contributed by atoms with Gasteiger partial charge in [-0.15, -0.1) is 0 Å². The van der Waals surface area contributed by atoms with Gasteiger partial charge in [-0.1, -0.05) is 12.1 Å². The molecule has 2 aliphatic heterocycles. The number of ether oxygens (including phenoxy) is 1.